The van der Waals surface area contributed by atoms with Crippen LogP contribution in [0.15, 0.2) is 60.9 Å². The van der Waals surface area contributed by atoms with Gasteiger partial charge < -0.3 is 0 Å². The van der Waals surface area contributed by atoms with Crippen LogP contribution in [0.4, 0.5) is 4.39 Å². The van der Waals surface area contributed by atoms with Gasteiger partial charge in [-0.3, -0.25) is 0 Å². The largest absolute Gasteiger partial charge is 0.249 e. The summed E-state index contributed by atoms with van der Waals surface area (Å²) in [5, 5.41) is 8.93. The first-order valence-electron chi connectivity index (χ1n) is 7.66. The van der Waals surface area contributed by atoms with Crippen molar-refractivity contribution in [1.82, 2.24) is 15.0 Å². The molecule has 1 atom stereocenters. The van der Waals surface area contributed by atoms with Crippen molar-refractivity contribution in [2.24, 2.45) is 0 Å². The normalized spacial score (nSPS) is 13.6. The van der Waals surface area contributed by atoms with Gasteiger partial charge in [-0.15, -0.1) is 5.10 Å². The molecular weight excluding hydrogens is 380 g/mol. The quantitative estimate of drug-likeness (QED) is 0.537. The Balaban J connectivity index is 1.73. The number of alkyl halides is 1. The highest BCUT2D eigenvalue weighted by Gasteiger charge is 2.33. The molecule has 25 heavy (non-hydrogen) atoms. The average molecular weight is 396 g/mol. The van der Waals surface area contributed by atoms with Gasteiger partial charge in [0.1, 0.15) is 0 Å². The Morgan fingerprint density at radius 2 is 1.64 bits per heavy atom. The zero-order chi connectivity index (χ0) is 17.7. The van der Waals surface area contributed by atoms with E-state index in [1.165, 1.54) is 16.4 Å². The monoisotopic (exact) mass is 395 g/mol. The van der Waals surface area contributed by atoms with E-state index in [0.29, 0.717) is 21.4 Å². The lowest BCUT2D eigenvalue weighted by Gasteiger charge is -2.25. The van der Waals surface area contributed by atoms with E-state index >= 15 is 4.39 Å². The zero-order valence-corrected chi connectivity index (χ0v) is 15.6. The highest BCUT2D eigenvalue weighted by molar-refractivity contribution is 7.98. The molecule has 7 heteroatoms. The molecule has 0 N–H and O–H groups in total. The standard InChI is InChI=1S/C18H16Cl2FN3S/c19-16-5-1-14(2-6-16)11-25-13-18(21,12-24-10-9-22-23-24)15-3-7-17(20)8-4-15/h1-10H,11-13H2. The lowest BCUT2D eigenvalue weighted by atomic mass is 9.98. The van der Waals surface area contributed by atoms with Crippen molar-refractivity contribution in [2.45, 2.75) is 18.0 Å². The van der Waals surface area contributed by atoms with E-state index in [4.69, 9.17) is 23.2 Å². The number of nitrogens with zero attached hydrogens (tertiary/aromatic N) is 3. The van der Waals surface area contributed by atoms with E-state index in [0.717, 1.165) is 5.56 Å². The number of benzene rings is 2. The Labute approximate surface area is 160 Å². The molecule has 3 aromatic rings. The Bertz CT molecular complexity index is 794. The molecule has 1 heterocycles. The maximum absolute atomic E-state index is 15.8. The number of halogens is 3. The molecule has 0 saturated heterocycles. The van der Waals surface area contributed by atoms with Crippen molar-refractivity contribution in [2.75, 3.05) is 5.75 Å². The zero-order valence-electron chi connectivity index (χ0n) is 13.3. The van der Waals surface area contributed by atoms with E-state index in [9.17, 15) is 0 Å². The highest BCUT2D eigenvalue weighted by Crippen LogP contribution is 2.34. The van der Waals surface area contributed by atoms with Gasteiger partial charge in [0.15, 0.2) is 5.67 Å². The summed E-state index contributed by atoms with van der Waals surface area (Å²) < 4.78 is 17.3. The maximum atomic E-state index is 15.8. The molecule has 130 valence electrons. The Morgan fingerprint density at radius 3 is 2.24 bits per heavy atom. The molecule has 0 amide bonds. The van der Waals surface area contributed by atoms with Crippen LogP contribution in [0.25, 0.3) is 0 Å². The van der Waals surface area contributed by atoms with Crippen molar-refractivity contribution in [3.05, 3.63) is 82.1 Å². The summed E-state index contributed by atoms with van der Waals surface area (Å²) in [6.45, 7) is 0.0995. The fraction of sp³-hybridized carbons (Fsp3) is 0.222. The van der Waals surface area contributed by atoms with Gasteiger partial charge in [-0.05, 0) is 35.4 Å². The minimum atomic E-state index is -1.57. The molecule has 3 rings (SSSR count). The summed E-state index contributed by atoms with van der Waals surface area (Å²) in [7, 11) is 0. The van der Waals surface area contributed by atoms with Gasteiger partial charge in [-0.2, -0.15) is 11.8 Å². The van der Waals surface area contributed by atoms with Gasteiger partial charge >= 0.3 is 0 Å². The van der Waals surface area contributed by atoms with Crippen LogP contribution in [0.5, 0.6) is 0 Å². The second kappa shape index (κ2) is 8.21. The van der Waals surface area contributed by atoms with Gasteiger partial charge in [0, 0.05) is 27.7 Å². The summed E-state index contributed by atoms with van der Waals surface area (Å²) in [5.41, 5.74) is 0.111. The maximum Gasteiger partial charge on any atom is 0.164 e. The Kier molecular flexibility index (Phi) is 5.99. The fourth-order valence-electron chi connectivity index (χ4n) is 2.45. The first kappa shape index (κ1) is 18.2. The summed E-state index contributed by atoms with van der Waals surface area (Å²) in [4.78, 5) is 0. The molecule has 1 aromatic heterocycles. The van der Waals surface area contributed by atoms with Crippen molar-refractivity contribution < 1.29 is 4.39 Å². The van der Waals surface area contributed by atoms with Crippen molar-refractivity contribution in [3.8, 4) is 0 Å². The molecule has 0 fully saturated rings. The molecule has 3 nitrogen and oxygen atoms in total. The van der Waals surface area contributed by atoms with Crippen LogP contribution in [-0.4, -0.2) is 20.7 Å². The first-order valence-corrected chi connectivity index (χ1v) is 9.57. The van der Waals surface area contributed by atoms with Gasteiger partial charge in [-0.1, -0.05) is 52.7 Å². The lowest BCUT2D eigenvalue weighted by Crippen LogP contribution is -2.30. The third kappa shape index (κ3) is 4.97. The summed E-state index contributed by atoms with van der Waals surface area (Å²) >= 11 is 13.4. The van der Waals surface area contributed by atoms with E-state index in [1.807, 2.05) is 24.3 Å². The van der Waals surface area contributed by atoms with Gasteiger partial charge in [-0.25, -0.2) is 9.07 Å². The predicted molar refractivity (Wildman–Crippen MR) is 102 cm³/mol. The third-order valence-electron chi connectivity index (χ3n) is 3.76. The molecule has 0 aliphatic rings. The second-order valence-electron chi connectivity index (χ2n) is 5.69. The van der Waals surface area contributed by atoms with Gasteiger partial charge in [0.25, 0.3) is 0 Å². The van der Waals surface area contributed by atoms with Crippen molar-refractivity contribution in [1.29, 1.82) is 0 Å². The number of thioether (sulfide) groups is 1. The first-order chi connectivity index (χ1) is 12.0. The smallest absolute Gasteiger partial charge is 0.164 e. The molecule has 2 aromatic carbocycles. The molecule has 0 aliphatic carbocycles. The van der Waals surface area contributed by atoms with Crippen molar-refractivity contribution >= 4 is 35.0 Å². The number of rotatable bonds is 7. The third-order valence-corrected chi connectivity index (χ3v) is 5.46. The lowest BCUT2D eigenvalue weighted by molar-refractivity contribution is 0.160. The Hall–Kier alpha value is -1.56. The van der Waals surface area contributed by atoms with E-state index in [-0.39, 0.29) is 12.3 Å². The summed E-state index contributed by atoms with van der Waals surface area (Å²) in [5.74, 6) is 0.991. The molecule has 0 saturated carbocycles. The average Bonchev–Trinajstić information content (AvgIpc) is 3.10. The van der Waals surface area contributed by atoms with Crippen LogP contribution >= 0.6 is 35.0 Å². The molecule has 0 radical (unpaired) electrons. The minimum Gasteiger partial charge on any atom is -0.249 e. The molecule has 0 spiro atoms. The van der Waals surface area contributed by atoms with Crippen molar-refractivity contribution in [3.63, 3.8) is 0 Å². The van der Waals surface area contributed by atoms with Gasteiger partial charge in [0.05, 0.1) is 12.7 Å². The minimum absolute atomic E-state index is 0.0995. The van der Waals surface area contributed by atoms with E-state index < -0.39 is 5.67 Å². The topological polar surface area (TPSA) is 30.7 Å². The van der Waals surface area contributed by atoms with Crippen LogP contribution in [0.1, 0.15) is 11.1 Å². The van der Waals surface area contributed by atoms with Crippen LogP contribution in [0, 0.1) is 0 Å². The summed E-state index contributed by atoms with van der Waals surface area (Å²) in [6.07, 6.45) is 3.21. The number of aromatic nitrogens is 3. The van der Waals surface area contributed by atoms with Crippen LogP contribution in [0.2, 0.25) is 10.0 Å². The van der Waals surface area contributed by atoms with Crippen LogP contribution in [-0.2, 0) is 18.0 Å². The number of hydrogen-bond acceptors (Lipinski definition) is 3. The predicted octanol–water partition coefficient (Wildman–Crippen LogP) is 5.38. The summed E-state index contributed by atoms with van der Waals surface area (Å²) in [6, 6.07) is 14.4. The Morgan fingerprint density at radius 1 is 1.00 bits per heavy atom. The molecule has 0 bridgehead atoms. The fourth-order valence-corrected chi connectivity index (χ4v) is 3.82. The van der Waals surface area contributed by atoms with Gasteiger partial charge in [0.2, 0.25) is 0 Å². The van der Waals surface area contributed by atoms with Crippen LogP contribution < -0.4 is 0 Å². The SMILES string of the molecule is FC(CSCc1ccc(Cl)cc1)(Cn1ccnn1)c1ccc(Cl)cc1. The highest BCUT2D eigenvalue weighted by atomic mass is 35.5. The molecular formula is C18H16Cl2FN3S. The molecule has 0 aliphatic heterocycles. The molecule has 1 unspecified atom stereocenters. The van der Waals surface area contributed by atoms with E-state index in [1.54, 1.807) is 36.7 Å². The van der Waals surface area contributed by atoms with Crippen LogP contribution in [0.3, 0.4) is 0 Å². The second-order valence-corrected chi connectivity index (χ2v) is 7.55. The number of hydrogen-bond donors (Lipinski definition) is 0. The van der Waals surface area contributed by atoms with E-state index in [2.05, 4.69) is 10.3 Å².